The van der Waals surface area contributed by atoms with Gasteiger partial charge in [-0.15, -0.1) is 0 Å². The summed E-state index contributed by atoms with van der Waals surface area (Å²) < 4.78 is 0. The number of fused-ring (bicyclic) bond motifs is 1. The molecule has 144 valence electrons. The normalized spacial score (nSPS) is 23.5. The van der Waals surface area contributed by atoms with Crippen LogP contribution < -0.4 is 0 Å². The molecule has 0 saturated carbocycles. The number of Topliss-reactive ketones (excluding diaryl/α,β-unsaturated/α-hetero) is 1. The number of benzene rings is 1. The molecule has 1 unspecified atom stereocenters. The van der Waals surface area contributed by atoms with Gasteiger partial charge in [0.2, 0.25) is 0 Å². The molecule has 0 aromatic heterocycles. The quantitative estimate of drug-likeness (QED) is 0.765. The molecule has 0 bridgehead atoms. The van der Waals surface area contributed by atoms with E-state index in [9.17, 15) is 15.0 Å². The van der Waals surface area contributed by atoms with Crippen molar-refractivity contribution in [2.75, 3.05) is 19.6 Å². The highest BCUT2D eigenvalue weighted by Crippen LogP contribution is 2.37. The summed E-state index contributed by atoms with van der Waals surface area (Å²) in [5.74, 6) is 0.525. The summed E-state index contributed by atoms with van der Waals surface area (Å²) in [5, 5.41) is 19.3. The first kappa shape index (κ1) is 18.3. The van der Waals surface area contributed by atoms with Gasteiger partial charge in [0.15, 0.2) is 17.3 Å². The number of hydrogen-bond donors (Lipinski definition) is 2. The van der Waals surface area contributed by atoms with Gasteiger partial charge in [0, 0.05) is 18.0 Å². The van der Waals surface area contributed by atoms with Crippen molar-refractivity contribution in [2.45, 2.75) is 44.9 Å². The van der Waals surface area contributed by atoms with Crippen LogP contribution in [0.15, 0.2) is 35.9 Å². The first-order valence-electron chi connectivity index (χ1n) is 10.3. The third kappa shape index (κ3) is 4.11. The average molecular weight is 367 g/mol. The molecule has 4 nitrogen and oxygen atoms in total. The minimum Gasteiger partial charge on any atom is -0.504 e. The van der Waals surface area contributed by atoms with Gasteiger partial charge >= 0.3 is 0 Å². The summed E-state index contributed by atoms with van der Waals surface area (Å²) >= 11 is 0. The number of carbonyl (C=O) groups excluding carboxylic acids is 1. The third-order valence-electron chi connectivity index (χ3n) is 6.41. The molecular formula is C23H29NO3. The molecule has 1 fully saturated rings. The van der Waals surface area contributed by atoms with Crippen molar-refractivity contribution in [3.8, 4) is 11.5 Å². The van der Waals surface area contributed by atoms with Crippen LogP contribution in [-0.2, 0) is 6.42 Å². The molecule has 0 radical (unpaired) electrons. The van der Waals surface area contributed by atoms with E-state index in [0.29, 0.717) is 17.9 Å². The standard InChI is InChI=1S/C23H29NO3/c25-21-13-19-12-18(23(27)20(19)14-22(21)26)7-6-16-8-10-24(11-9-16)15-17-4-2-1-3-5-17/h2,4-5,13-14,16,18,25-26H,1,3,6-12,15H2. The van der Waals surface area contributed by atoms with Crippen LogP contribution in [0.3, 0.4) is 0 Å². The molecule has 0 amide bonds. The lowest BCUT2D eigenvalue weighted by Gasteiger charge is -2.32. The van der Waals surface area contributed by atoms with Crippen molar-refractivity contribution >= 4 is 5.78 Å². The second-order valence-corrected chi connectivity index (χ2v) is 8.32. The maximum atomic E-state index is 12.6. The molecule has 1 saturated heterocycles. The lowest BCUT2D eigenvalue weighted by atomic mass is 9.87. The zero-order chi connectivity index (χ0) is 18.8. The monoisotopic (exact) mass is 367 g/mol. The number of hydrogen-bond acceptors (Lipinski definition) is 4. The molecule has 4 rings (SSSR count). The number of likely N-dealkylation sites (tertiary alicyclic amines) is 1. The number of phenolic OH excluding ortho intramolecular Hbond substituents is 2. The first-order chi connectivity index (χ1) is 13.1. The molecule has 1 aromatic carbocycles. The Balaban J connectivity index is 1.24. The van der Waals surface area contributed by atoms with Gasteiger partial charge in [0.05, 0.1) is 0 Å². The highest BCUT2D eigenvalue weighted by Gasteiger charge is 2.32. The molecule has 2 N–H and O–H groups in total. The Bertz CT molecular complexity index is 772. The van der Waals surface area contributed by atoms with Crippen molar-refractivity contribution in [3.63, 3.8) is 0 Å². The van der Waals surface area contributed by atoms with Crippen molar-refractivity contribution in [1.29, 1.82) is 0 Å². The Labute approximate surface area is 161 Å². The van der Waals surface area contributed by atoms with Gasteiger partial charge in [-0.2, -0.15) is 0 Å². The van der Waals surface area contributed by atoms with Gasteiger partial charge in [-0.25, -0.2) is 0 Å². The zero-order valence-electron chi connectivity index (χ0n) is 15.9. The lowest BCUT2D eigenvalue weighted by molar-refractivity contribution is 0.0920. The Kier molecular flexibility index (Phi) is 5.35. The van der Waals surface area contributed by atoms with Crippen LogP contribution in [0.4, 0.5) is 0 Å². The van der Waals surface area contributed by atoms with Crippen LogP contribution in [-0.4, -0.2) is 40.5 Å². The second kappa shape index (κ2) is 7.89. The zero-order valence-corrected chi connectivity index (χ0v) is 15.9. The summed E-state index contributed by atoms with van der Waals surface area (Å²) in [6.45, 7) is 3.37. The van der Waals surface area contributed by atoms with Gasteiger partial charge < -0.3 is 10.2 Å². The molecule has 27 heavy (non-hydrogen) atoms. The summed E-state index contributed by atoms with van der Waals surface area (Å²) in [7, 11) is 0. The number of allylic oxidation sites excluding steroid dienone is 2. The molecule has 1 aromatic rings. The van der Waals surface area contributed by atoms with E-state index in [1.54, 1.807) is 6.07 Å². The molecule has 1 atom stereocenters. The fraction of sp³-hybridized carbons (Fsp3) is 0.522. The van der Waals surface area contributed by atoms with Crippen LogP contribution in [0.25, 0.3) is 0 Å². The summed E-state index contributed by atoms with van der Waals surface area (Å²) in [5.41, 5.74) is 2.93. The largest absolute Gasteiger partial charge is 0.504 e. The smallest absolute Gasteiger partial charge is 0.166 e. The van der Waals surface area contributed by atoms with Gasteiger partial charge in [-0.3, -0.25) is 9.69 Å². The number of nitrogens with zero attached hydrogens (tertiary/aromatic N) is 1. The second-order valence-electron chi connectivity index (χ2n) is 8.32. The van der Waals surface area contributed by atoms with Crippen molar-refractivity contribution in [3.05, 3.63) is 47.1 Å². The van der Waals surface area contributed by atoms with E-state index in [1.165, 1.54) is 37.3 Å². The van der Waals surface area contributed by atoms with Gasteiger partial charge in [0.25, 0.3) is 0 Å². The minimum absolute atomic E-state index is 0.0109. The molecule has 4 heteroatoms. The van der Waals surface area contributed by atoms with Gasteiger partial charge in [-0.05, 0) is 87.2 Å². The number of rotatable bonds is 5. The predicted molar refractivity (Wildman–Crippen MR) is 106 cm³/mol. The molecule has 0 spiro atoms. The Morgan fingerprint density at radius 3 is 2.56 bits per heavy atom. The topological polar surface area (TPSA) is 60.8 Å². The summed E-state index contributed by atoms with van der Waals surface area (Å²) in [4.78, 5) is 15.1. The van der Waals surface area contributed by atoms with Gasteiger partial charge in [0.1, 0.15) is 0 Å². The SMILES string of the molecule is O=C1c2cc(O)c(O)cc2CC1CCC1CCN(CC2=CCCC=C2)CC1. The van der Waals surface area contributed by atoms with Crippen LogP contribution in [0.5, 0.6) is 11.5 Å². The molecule has 1 heterocycles. The van der Waals surface area contributed by atoms with E-state index >= 15 is 0 Å². The third-order valence-corrected chi connectivity index (χ3v) is 6.41. The summed E-state index contributed by atoms with van der Waals surface area (Å²) in [6.07, 6.45) is 14.4. The molecule has 1 aliphatic heterocycles. The summed E-state index contributed by atoms with van der Waals surface area (Å²) in [6, 6.07) is 2.98. The van der Waals surface area contributed by atoms with E-state index < -0.39 is 0 Å². The number of piperidine rings is 1. The van der Waals surface area contributed by atoms with Crippen LogP contribution >= 0.6 is 0 Å². The van der Waals surface area contributed by atoms with E-state index in [-0.39, 0.29) is 23.2 Å². The molecule has 2 aliphatic carbocycles. The maximum Gasteiger partial charge on any atom is 0.166 e. The average Bonchev–Trinajstić information content (AvgIpc) is 2.98. The minimum atomic E-state index is -0.196. The van der Waals surface area contributed by atoms with Crippen LogP contribution in [0.1, 0.15) is 54.4 Å². The van der Waals surface area contributed by atoms with Crippen molar-refractivity contribution in [2.24, 2.45) is 11.8 Å². The van der Waals surface area contributed by atoms with Crippen molar-refractivity contribution < 1.29 is 15.0 Å². The number of aromatic hydroxyl groups is 2. The molecule has 3 aliphatic rings. The molecular weight excluding hydrogens is 338 g/mol. The van der Waals surface area contributed by atoms with E-state index in [0.717, 1.165) is 38.0 Å². The predicted octanol–water partition coefficient (Wildman–Crippen LogP) is 4.22. The number of carbonyl (C=O) groups is 1. The lowest BCUT2D eigenvalue weighted by Crippen LogP contribution is -2.35. The highest BCUT2D eigenvalue weighted by atomic mass is 16.3. The van der Waals surface area contributed by atoms with E-state index in [4.69, 9.17) is 0 Å². The Morgan fingerprint density at radius 1 is 1.04 bits per heavy atom. The van der Waals surface area contributed by atoms with Crippen molar-refractivity contribution in [1.82, 2.24) is 4.90 Å². The first-order valence-corrected chi connectivity index (χ1v) is 10.3. The Hall–Kier alpha value is -2.07. The van der Waals surface area contributed by atoms with E-state index in [1.807, 2.05) is 0 Å². The Morgan fingerprint density at radius 2 is 1.81 bits per heavy atom. The highest BCUT2D eigenvalue weighted by molar-refractivity contribution is 6.02. The fourth-order valence-corrected chi connectivity index (χ4v) is 4.74. The van der Waals surface area contributed by atoms with Crippen LogP contribution in [0, 0.1) is 11.8 Å². The number of phenols is 2. The maximum absolute atomic E-state index is 12.6. The van der Waals surface area contributed by atoms with E-state index in [2.05, 4.69) is 23.1 Å². The van der Waals surface area contributed by atoms with Crippen LogP contribution in [0.2, 0.25) is 0 Å². The van der Waals surface area contributed by atoms with Gasteiger partial charge in [-0.1, -0.05) is 18.2 Å². The fourth-order valence-electron chi connectivity index (χ4n) is 4.74. The number of ketones is 1.